The minimum Gasteiger partial charge on any atom is -0.403 e. The Morgan fingerprint density at radius 3 is 2.07 bits per heavy atom. The highest BCUT2D eigenvalue weighted by atomic mass is 19.4. The third-order valence-corrected chi connectivity index (χ3v) is 3.59. The number of pyridine rings is 1. The fourth-order valence-corrected chi connectivity index (χ4v) is 2.51. The summed E-state index contributed by atoms with van der Waals surface area (Å²) in [6.45, 7) is 0. The Bertz CT molecular complexity index is 1070. The number of nitrogens with two attached hydrogens (primary N) is 1. The second-order valence-electron chi connectivity index (χ2n) is 5.56. The molecule has 3 aromatic rings. The molecule has 0 aliphatic heterocycles. The normalized spacial score (nSPS) is 13.1. The van der Waals surface area contributed by atoms with Gasteiger partial charge in [0.2, 0.25) is 0 Å². The number of nitrogens with zero attached hydrogens (tertiary/aromatic N) is 3. The number of nitrogen functional groups attached to an aromatic ring is 1. The van der Waals surface area contributed by atoms with Gasteiger partial charge in [0.1, 0.15) is 17.2 Å². The van der Waals surface area contributed by atoms with E-state index >= 15 is 0 Å². The van der Waals surface area contributed by atoms with Crippen LogP contribution in [0.5, 0.6) is 5.75 Å². The Balaban J connectivity index is 2.32. The molecule has 29 heavy (non-hydrogen) atoms. The van der Waals surface area contributed by atoms with Crippen LogP contribution in [0.2, 0.25) is 0 Å². The summed E-state index contributed by atoms with van der Waals surface area (Å²) in [5.74, 6) is -1.75. The molecule has 0 saturated heterocycles. The van der Waals surface area contributed by atoms with E-state index in [1.165, 1.54) is 6.07 Å². The highest BCUT2D eigenvalue weighted by molar-refractivity contribution is 5.91. The van der Waals surface area contributed by atoms with Crippen molar-refractivity contribution in [2.45, 2.75) is 18.7 Å². The fraction of sp³-hybridized carbons (Fsp3) is 0.200. The molecule has 0 amide bonds. The maximum Gasteiger partial charge on any atom is 0.573 e. The van der Waals surface area contributed by atoms with Crippen molar-refractivity contribution in [3.05, 3.63) is 41.6 Å². The van der Waals surface area contributed by atoms with Crippen LogP contribution in [0.1, 0.15) is 11.3 Å². The van der Waals surface area contributed by atoms with Gasteiger partial charge in [-0.1, -0.05) is 12.1 Å². The van der Waals surface area contributed by atoms with Crippen LogP contribution in [-0.4, -0.2) is 21.1 Å². The summed E-state index contributed by atoms with van der Waals surface area (Å²) in [5, 5.41) is 2.46. The van der Waals surface area contributed by atoms with E-state index in [-0.39, 0.29) is 6.07 Å². The summed E-state index contributed by atoms with van der Waals surface area (Å²) in [4.78, 5) is 3.03. The van der Waals surface area contributed by atoms with E-state index in [9.17, 15) is 39.5 Å². The van der Waals surface area contributed by atoms with Crippen LogP contribution in [-0.2, 0) is 12.4 Å². The van der Waals surface area contributed by atoms with Crippen molar-refractivity contribution in [1.29, 1.82) is 0 Å². The lowest BCUT2D eigenvalue weighted by atomic mass is 10.1. The molecule has 0 bridgehead atoms. The first-order valence-electron chi connectivity index (χ1n) is 7.37. The summed E-state index contributed by atoms with van der Waals surface area (Å²) in [6.07, 6.45) is -15.7. The van der Waals surface area contributed by atoms with Gasteiger partial charge in [-0.3, -0.25) is 0 Å². The van der Waals surface area contributed by atoms with Gasteiger partial charge >= 0.3 is 18.7 Å². The van der Waals surface area contributed by atoms with Gasteiger partial charge in [-0.05, 0) is 18.2 Å². The molecule has 0 saturated carbocycles. The molecule has 1 aromatic carbocycles. The molecule has 0 radical (unpaired) electrons. The predicted molar refractivity (Wildman–Crippen MR) is 80.0 cm³/mol. The van der Waals surface area contributed by atoms with E-state index in [1.54, 1.807) is 0 Å². The topological polar surface area (TPSA) is 66.0 Å². The smallest absolute Gasteiger partial charge is 0.403 e. The van der Waals surface area contributed by atoms with E-state index in [1.807, 2.05) is 0 Å². The van der Waals surface area contributed by atoms with Crippen LogP contribution in [0.3, 0.4) is 0 Å². The van der Waals surface area contributed by atoms with Gasteiger partial charge in [-0.2, -0.15) is 26.3 Å². The monoisotopic (exact) mass is 430 g/mol. The van der Waals surface area contributed by atoms with Crippen LogP contribution >= 0.6 is 0 Å². The van der Waals surface area contributed by atoms with Crippen molar-refractivity contribution >= 4 is 16.9 Å². The number of anilines is 1. The predicted octanol–water partition coefficient (Wildman–Crippen LogP) is 4.94. The summed E-state index contributed by atoms with van der Waals surface area (Å²) < 4.78 is 121. The Morgan fingerprint density at radius 1 is 0.897 bits per heavy atom. The molecule has 0 fully saturated rings. The lowest BCUT2D eigenvalue weighted by Crippen LogP contribution is -2.18. The van der Waals surface area contributed by atoms with E-state index in [2.05, 4.69) is 14.8 Å². The first kappa shape index (κ1) is 20.5. The summed E-state index contributed by atoms with van der Waals surface area (Å²) in [5.41, 5.74) is 0.328. The first-order valence-corrected chi connectivity index (χ1v) is 7.37. The Labute approximate surface area is 154 Å². The number of ether oxygens (including phenoxy) is 1. The van der Waals surface area contributed by atoms with Crippen molar-refractivity contribution in [1.82, 2.24) is 14.8 Å². The zero-order chi connectivity index (χ0) is 21.8. The molecule has 156 valence electrons. The molecule has 14 heteroatoms. The zero-order valence-electron chi connectivity index (χ0n) is 13.6. The molecule has 0 unspecified atom stereocenters. The molecular formula is C15H7F9N4O. The molecule has 3 rings (SSSR count). The third-order valence-electron chi connectivity index (χ3n) is 3.59. The lowest BCUT2D eigenvalue weighted by molar-refractivity contribution is -0.274. The quantitative estimate of drug-likeness (QED) is 0.585. The Kier molecular flexibility index (Phi) is 4.55. The van der Waals surface area contributed by atoms with Gasteiger partial charge < -0.3 is 10.5 Å². The number of para-hydroxylation sites is 2. The molecule has 5 nitrogen and oxygen atoms in total. The molecular weight excluding hydrogens is 423 g/mol. The number of aromatic nitrogens is 3. The number of halogens is 9. The number of fused-ring (bicyclic) bond motifs is 1. The van der Waals surface area contributed by atoms with Crippen molar-refractivity contribution in [3.8, 4) is 11.4 Å². The number of alkyl halides is 9. The molecule has 0 aliphatic carbocycles. The van der Waals surface area contributed by atoms with Gasteiger partial charge in [0.25, 0.3) is 0 Å². The lowest BCUT2D eigenvalue weighted by Gasteiger charge is -2.14. The van der Waals surface area contributed by atoms with Crippen molar-refractivity contribution < 1.29 is 44.3 Å². The number of rotatable bonds is 2. The average Bonchev–Trinajstić information content (AvgIpc) is 2.88. The van der Waals surface area contributed by atoms with Gasteiger partial charge in [0.15, 0.2) is 11.4 Å². The van der Waals surface area contributed by atoms with Crippen molar-refractivity contribution in [3.63, 3.8) is 0 Å². The zero-order valence-corrected chi connectivity index (χ0v) is 13.6. The SMILES string of the molecule is Nc1c2c(C(F)(F)F)cc(C(F)(F)F)nc2nn1-c1ccccc1OC(F)(F)F. The van der Waals surface area contributed by atoms with E-state index in [0.717, 1.165) is 18.2 Å². The van der Waals surface area contributed by atoms with Crippen LogP contribution in [0, 0.1) is 0 Å². The highest BCUT2D eigenvalue weighted by Gasteiger charge is 2.41. The van der Waals surface area contributed by atoms with Crippen LogP contribution in [0.25, 0.3) is 16.7 Å². The number of benzene rings is 1. The van der Waals surface area contributed by atoms with Gasteiger partial charge in [-0.15, -0.1) is 18.3 Å². The van der Waals surface area contributed by atoms with Gasteiger partial charge in [-0.25, -0.2) is 9.67 Å². The van der Waals surface area contributed by atoms with Crippen LogP contribution in [0.4, 0.5) is 45.3 Å². The maximum absolute atomic E-state index is 13.3. The van der Waals surface area contributed by atoms with Crippen LogP contribution < -0.4 is 10.5 Å². The number of hydrogen-bond acceptors (Lipinski definition) is 4. The van der Waals surface area contributed by atoms with E-state index in [0.29, 0.717) is 4.68 Å². The largest absolute Gasteiger partial charge is 0.573 e. The van der Waals surface area contributed by atoms with Gasteiger partial charge in [0.05, 0.1) is 10.9 Å². The average molecular weight is 430 g/mol. The molecule has 2 aromatic heterocycles. The van der Waals surface area contributed by atoms with E-state index < -0.39 is 58.3 Å². The molecule has 0 aliphatic rings. The second-order valence-corrected chi connectivity index (χ2v) is 5.56. The summed E-state index contributed by atoms with van der Waals surface area (Å²) >= 11 is 0. The third kappa shape index (κ3) is 4.00. The molecule has 2 heterocycles. The fourth-order valence-electron chi connectivity index (χ4n) is 2.51. The summed E-state index contributed by atoms with van der Waals surface area (Å²) in [7, 11) is 0. The second kappa shape index (κ2) is 6.42. The van der Waals surface area contributed by atoms with E-state index in [4.69, 9.17) is 5.73 Å². The minimum atomic E-state index is -5.27. The molecule has 2 N–H and O–H groups in total. The molecule has 0 spiro atoms. The standard InChI is InChI=1S/C15H7F9N4O/c16-13(17,18)6-5-9(14(19,20)21)26-12-10(6)11(25)28(27-12)7-3-1-2-4-8(7)29-15(22,23)24/h1-5H,25H2. The van der Waals surface area contributed by atoms with Crippen LogP contribution in [0.15, 0.2) is 30.3 Å². The Morgan fingerprint density at radius 2 is 1.52 bits per heavy atom. The minimum absolute atomic E-state index is 0.247. The highest BCUT2D eigenvalue weighted by Crippen LogP contribution is 2.41. The summed E-state index contributed by atoms with van der Waals surface area (Å²) in [6, 6.07) is 3.88. The van der Waals surface area contributed by atoms with Gasteiger partial charge in [0, 0.05) is 0 Å². The number of hydrogen-bond donors (Lipinski definition) is 1. The first-order chi connectivity index (χ1) is 13.2. The van der Waals surface area contributed by atoms with Crippen molar-refractivity contribution in [2.24, 2.45) is 0 Å². The maximum atomic E-state index is 13.3. The Hall–Kier alpha value is -3.19. The molecule has 0 atom stereocenters. The van der Waals surface area contributed by atoms with Crippen molar-refractivity contribution in [2.75, 3.05) is 5.73 Å².